The Bertz CT molecular complexity index is 603. The van der Waals surface area contributed by atoms with Gasteiger partial charge in [0.15, 0.2) is 5.78 Å². The van der Waals surface area contributed by atoms with Crippen molar-refractivity contribution in [1.29, 1.82) is 0 Å². The van der Waals surface area contributed by atoms with Crippen LogP contribution in [0.2, 0.25) is 0 Å². The van der Waals surface area contributed by atoms with Crippen molar-refractivity contribution in [3.63, 3.8) is 0 Å². The lowest BCUT2D eigenvalue weighted by molar-refractivity contribution is 0.0923. The second-order valence-corrected chi connectivity index (χ2v) is 5.26. The van der Waals surface area contributed by atoms with Gasteiger partial charge in [0.25, 0.3) is 0 Å². The molecule has 2 aromatic rings. The first-order chi connectivity index (χ1) is 10.6. The number of hydrogen-bond acceptors (Lipinski definition) is 4. The van der Waals surface area contributed by atoms with Crippen molar-refractivity contribution in [2.45, 2.75) is 19.8 Å². The van der Waals surface area contributed by atoms with Crippen LogP contribution in [-0.2, 0) is 6.42 Å². The molecule has 1 heterocycles. The fourth-order valence-corrected chi connectivity index (χ4v) is 2.30. The SMILES string of the molecule is COc1cc(OC)cc(C(=O)[C@H](C)CCc2ccncc2)c1. The van der Waals surface area contributed by atoms with E-state index in [0.29, 0.717) is 17.1 Å². The number of aryl methyl sites for hydroxylation is 1. The Morgan fingerprint density at radius 2 is 1.68 bits per heavy atom. The van der Waals surface area contributed by atoms with E-state index in [1.807, 2.05) is 19.1 Å². The monoisotopic (exact) mass is 299 g/mol. The van der Waals surface area contributed by atoms with Crippen molar-refractivity contribution in [3.8, 4) is 11.5 Å². The highest BCUT2D eigenvalue weighted by Gasteiger charge is 2.17. The van der Waals surface area contributed by atoms with Gasteiger partial charge in [-0.1, -0.05) is 6.92 Å². The normalized spacial score (nSPS) is 11.8. The van der Waals surface area contributed by atoms with Crippen molar-refractivity contribution in [1.82, 2.24) is 4.98 Å². The number of rotatable bonds is 7. The van der Waals surface area contributed by atoms with E-state index in [2.05, 4.69) is 4.98 Å². The molecule has 22 heavy (non-hydrogen) atoms. The summed E-state index contributed by atoms with van der Waals surface area (Å²) >= 11 is 0. The molecule has 0 aliphatic heterocycles. The molecular weight excluding hydrogens is 278 g/mol. The van der Waals surface area contributed by atoms with Crippen LogP contribution in [0.4, 0.5) is 0 Å². The number of aromatic nitrogens is 1. The number of methoxy groups -OCH3 is 2. The van der Waals surface area contributed by atoms with E-state index in [9.17, 15) is 4.79 Å². The Labute approximate surface area is 131 Å². The van der Waals surface area contributed by atoms with E-state index in [0.717, 1.165) is 12.8 Å². The number of hydrogen-bond donors (Lipinski definition) is 0. The smallest absolute Gasteiger partial charge is 0.165 e. The van der Waals surface area contributed by atoms with Crippen molar-refractivity contribution in [2.24, 2.45) is 5.92 Å². The lowest BCUT2D eigenvalue weighted by Gasteiger charge is -2.12. The van der Waals surface area contributed by atoms with Gasteiger partial charge in [0.05, 0.1) is 14.2 Å². The first kappa shape index (κ1) is 16.0. The minimum atomic E-state index is -0.0648. The molecule has 0 aliphatic rings. The van der Waals surface area contributed by atoms with Crippen molar-refractivity contribution >= 4 is 5.78 Å². The maximum Gasteiger partial charge on any atom is 0.165 e. The zero-order valence-corrected chi connectivity index (χ0v) is 13.2. The zero-order chi connectivity index (χ0) is 15.9. The summed E-state index contributed by atoms with van der Waals surface area (Å²) in [5.41, 5.74) is 1.82. The van der Waals surface area contributed by atoms with Crippen LogP contribution in [-0.4, -0.2) is 25.0 Å². The minimum absolute atomic E-state index is 0.0648. The molecule has 1 aromatic heterocycles. The van der Waals surface area contributed by atoms with Gasteiger partial charge in [0, 0.05) is 29.9 Å². The Morgan fingerprint density at radius 3 is 2.23 bits per heavy atom. The maximum atomic E-state index is 12.6. The highest BCUT2D eigenvalue weighted by atomic mass is 16.5. The highest BCUT2D eigenvalue weighted by molar-refractivity contribution is 5.98. The Hall–Kier alpha value is -2.36. The van der Waals surface area contributed by atoms with E-state index in [1.165, 1.54) is 5.56 Å². The Balaban J connectivity index is 2.06. The van der Waals surface area contributed by atoms with E-state index < -0.39 is 0 Å². The maximum absolute atomic E-state index is 12.6. The molecule has 0 amide bonds. The third-order valence-corrected chi connectivity index (χ3v) is 3.70. The minimum Gasteiger partial charge on any atom is -0.497 e. The molecule has 0 spiro atoms. The predicted octanol–water partition coefficient (Wildman–Crippen LogP) is 3.55. The first-order valence-corrected chi connectivity index (χ1v) is 7.30. The molecular formula is C18H21NO3. The number of ether oxygens (including phenoxy) is 2. The molecule has 1 atom stereocenters. The van der Waals surface area contributed by atoms with E-state index in [1.54, 1.807) is 44.8 Å². The van der Waals surface area contributed by atoms with Crippen molar-refractivity contribution in [3.05, 3.63) is 53.9 Å². The van der Waals surface area contributed by atoms with Crippen LogP contribution >= 0.6 is 0 Å². The molecule has 0 radical (unpaired) electrons. The molecule has 0 N–H and O–H groups in total. The third-order valence-electron chi connectivity index (χ3n) is 3.70. The molecule has 0 bridgehead atoms. The molecule has 0 fully saturated rings. The lowest BCUT2D eigenvalue weighted by Crippen LogP contribution is -2.12. The van der Waals surface area contributed by atoms with Crippen molar-refractivity contribution in [2.75, 3.05) is 14.2 Å². The van der Waals surface area contributed by atoms with Gasteiger partial charge in [-0.2, -0.15) is 0 Å². The average molecular weight is 299 g/mol. The van der Waals surface area contributed by atoms with Gasteiger partial charge < -0.3 is 9.47 Å². The van der Waals surface area contributed by atoms with E-state index >= 15 is 0 Å². The third kappa shape index (κ3) is 4.07. The molecule has 0 unspecified atom stereocenters. The predicted molar refractivity (Wildman–Crippen MR) is 85.6 cm³/mol. The molecule has 0 aliphatic carbocycles. The molecule has 116 valence electrons. The topological polar surface area (TPSA) is 48.4 Å². The number of benzene rings is 1. The van der Waals surface area contributed by atoms with E-state index in [4.69, 9.17) is 9.47 Å². The summed E-state index contributed by atoms with van der Waals surface area (Å²) in [6, 6.07) is 9.23. The van der Waals surface area contributed by atoms with Crippen LogP contribution in [0.25, 0.3) is 0 Å². The summed E-state index contributed by atoms with van der Waals surface area (Å²) in [7, 11) is 3.16. The largest absolute Gasteiger partial charge is 0.497 e. The highest BCUT2D eigenvalue weighted by Crippen LogP contribution is 2.25. The quantitative estimate of drug-likeness (QED) is 0.734. The van der Waals surface area contributed by atoms with Crippen LogP contribution in [0.15, 0.2) is 42.7 Å². The number of Topliss-reactive ketones (excluding diaryl/α,β-unsaturated/α-hetero) is 1. The first-order valence-electron chi connectivity index (χ1n) is 7.30. The van der Waals surface area contributed by atoms with Gasteiger partial charge in [-0.15, -0.1) is 0 Å². The van der Waals surface area contributed by atoms with Gasteiger partial charge in [-0.05, 0) is 42.7 Å². The Morgan fingerprint density at radius 1 is 1.09 bits per heavy atom. The summed E-state index contributed by atoms with van der Waals surface area (Å²) < 4.78 is 10.4. The lowest BCUT2D eigenvalue weighted by atomic mass is 9.93. The summed E-state index contributed by atoms with van der Waals surface area (Å²) in [4.78, 5) is 16.6. The van der Waals surface area contributed by atoms with Gasteiger partial charge in [0.2, 0.25) is 0 Å². The van der Waals surface area contributed by atoms with Crippen LogP contribution in [0.5, 0.6) is 11.5 Å². The molecule has 4 heteroatoms. The van der Waals surface area contributed by atoms with Crippen molar-refractivity contribution < 1.29 is 14.3 Å². The van der Waals surface area contributed by atoms with Gasteiger partial charge in [0.1, 0.15) is 11.5 Å². The van der Waals surface area contributed by atoms with Crippen LogP contribution in [0.1, 0.15) is 29.3 Å². The molecule has 0 saturated carbocycles. The standard InChI is InChI=1S/C18H21NO3/c1-13(4-5-14-6-8-19-9-7-14)18(20)15-10-16(21-2)12-17(11-15)22-3/h6-13H,4-5H2,1-3H3/t13-/m1/s1. The number of pyridine rings is 1. The summed E-state index contributed by atoms with van der Waals surface area (Å²) in [5.74, 6) is 1.30. The van der Waals surface area contributed by atoms with Gasteiger partial charge in [-0.25, -0.2) is 0 Å². The molecule has 0 saturated heterocycles. The van der Waals surface area contributed by atoms with Gasteiger partial charge in [-0.3, -0.25) is 9.78 Å². The van der Waals surface area contributed by atoms with Crippen LogP contribution in [0, 0.1) is 5.92 Å². The Kier molecular flexibility index (Phi) is 5.53. The number of carbonyl (C=O) groups excluding carboxylic acids is 1. The van der Waals surface area contributed by atoms with Gasteiger partial charge >= 0.3 is 0 Å². The van der Waals surface area contributed by atoms with E-state index in [-0.39, 0.29) is 11.7 Å². The number of carbonyl (C=O) groups is 1. The molecule has 1 aromatic carbocycles. The van der Waals surface area contributed by atoms with Crippen LogP contribution in [0.3, 0.4) is 0 Å². The summed E-state index contributed by atoms with van der Waals surface area (Å²) in [5, 5.41) is 0. The second kappa shape index (κ2) is 7.59. The van der Waals surface area contributed by atoms with Crippen LogP contribution < -0.4 is 9.47 Å². The summed E-state index contributed by atoms with van der Waals surface area (Å²) in [6.45, 7) is 1.95. The second-order valence-electron chi connectivity index (χ2n) is 5.26. The fourth-order valence-electron chi connectivity index (χ4n) is 2.30. The molecule has 4 nitrogen and oxygen atoms in total. The average Bonchev–Trinajstić information content (AvgIpc) is 2.59. The number of ketones is 1. The summed E-state index contributed by atoms with van der Waals surface area (Å²) in [6.07, 6.45) is 5.20. The number of nitrogens with zero attached hydrogens (tertiary/aromatic N) is 1. The fraction of sp³-hybridized carbons (Fsp3) is 0.333. The zero-order valence-electron chi connectivity index (χ0n) is 13.2. The molecule has 2 rings (SSSR count).